The number of Topliss-reactive ketones (excluding diaryl/α,β-unsaturated/α-hetero) is 1. The SMILES string of the molecule is CC(=O)C(C)C(=O)OC1CCN2CC(O)C(CO)C12. The third kappa shape index (κ3) is 2.66. The van der Waals surface area contributed by atoms with E-state index in [4.69, 9.17) is 4.74 Å². The zero-order valence-electron chi connectivity index (χ0n) is 11.3. The zero-order chi connectivity index (χ0) is 14.2. The summed E-state index contributed by atoms with van der Waals surface area (Å²) < 4.78 is 5.41. The van der Waals surface area contributed by atoms with E-state index < -0.39 is 18.0 Å². The fourth-order valence-electron chi connectivity index (χ4n) is 2.99. The molecule has 0 radical (unpaired) electrons. The summed E-state index contributed by atoms with van der Waals surface area (Å²) in [4.78, 5) is 25.0. The van der Waals surface area contributed by atoms with E-state index in [0.717, 1.165) is 6.54 Å². The maximum Gasteiger partial charge on any atom is 0.316 e. The number of fused-ring (bicyclic) bond motifs is 1. The average molecular weight is 271 g/mol. The van der Waals surface area contributed by atoms with Gasteiger partial charge in [-0.25, -0.2) is 0 Å². The minimum Gasteiger partial charge on any atom is -0.460 e. The summed E-state index contributed by atoms with van der Waals surface area (Å²) in [6.45, 7) is 4.02. The molecule has 0 spiro atoms. The smallest absolute Gasteiger partial charge is 0.316 e. The Kier molecular flexibility index (Phi) is 4.23. The molecule has 2 saturated heterocycles. The Morgan fingerprint density at radius 2 is 2.16 bits per heavy atom. The molecule has 0 aromatic heterocycles. The molecule has 0 aliphatic carbocycles. The zero-order valence-corrected chi connectivity index (χ0v) is 11.3. The lowest BCUT2D eigenvalue weighted by molar-refractivity contribution is -0.157. The Morgan fingerprint density at radius 1 is 1.47 bits per heavy atom. The van der Waals surface area contributed by atoms with E-state index in [1.165, 1.54) is 13.8 Å². The van der Waals surface area contributed by atoms with E-state index in [-0.39, 0.29) is 30.5 Å². The number of esters is 1. The van der Waals surface area contributed by atoms with Crippen molar-refractivity contribution >= 4 is 11.8 Å². The second kappa shape index (κ2) is 5.56. The maximum atomic E-state index is 11.8. The third-order valence-corrected chi connectivity index (χ3v) is 4.30. The largest absolute Gasteiger partial charge is 0.460 e. The molecule has 2 rings (SSSR count). The highest BCUT2D eigenvalue weighted by Gasteiger charge is 2.49. The van der Waals surface area contributed by atoms with E-state index in [2.05, 4.69) is 0 Å². The van der Waals surface area contributed by atoms with E-state index >= 15 is 0 Å². The number of aliphatic hydroxyl groups is 2. The van der Waals surface area contributed by atoms with Crippen LogP contribution in [0.2, 0.25) is 0 Å². The predicted molar refractivity (Wildman–Crippen MR) is 66.3 cm³/mol. The molecule has 19 heavy (non-hydrogen) atoms. The number of hydrogen-bond acceptors (Lipinski definition) is 6. The Hall–Kier alpha value is -0.980. The van der Waals surface area contributed by atoms with E-state index in [1.807, 2.05) is 4.90 Å². The van der Waals surface area contributed by atoms with Crippen molar-refractivity contribution in [3.05, 3.63) is 0 Å². The van der Waals surface area contributed by atoms with Crippen molar-refractivity contribution in [3.8, 4) is 0 Å². The van der Waals surface area contributed by atoms with Gasteiger partial charge in [0.25, 0.3) is 0 Å². The van der Waals surface area contributed by atoms with E-state index in [9.17, 15) is 19.8 Å². The van der Waals surface area contributed by atoms with Gasteiger partial charge in [-0.1, -0.05) is 0 Å². The van der Waals surface area contributed by atoms with Crippen molar-refractivity contribution in [2.24, 2.45) is 11.8 Å². The van der Waals surface area contributed by atoms with Gasteiger partial charge in [-0.3, -0.25) is 14.5 Å². The van der Waals surface area contributed by atoms with Crippen molar-refractivity contribution in [3.63, 3.8) is 0 Å². The van der Waals surface area contributed by atoms with Crippen LogP contribution in [0, 0.1) is 11.8 Å². The molecule has 2 aliphatic heterocycles. The van der Waals surface area contributed by atoms with Gasteiger partial charge in [-0.2, -0.15) is 0 Å². The van der Waals surface area contributed by atoms with Gasteiger partial charge in [0.15, 0.2) is 0 Å². The molecule has 0 aromatic carbocycles. The minimum absolute atomic E-state index is 0.126. The van der Waals surface area contributed by atoms with Gasteiger partial charge >= 0.3 is 5.97 Å². The van der Waals surface area contributed by atoms with Crippen molar-refractivity contribution in [1.29, 1.82) is 0 Å². The van der Waals surface area contributed by atoms with Crippen LogP contribution in [0.1, 0.15) is 20.3 Å². The number of ether oxygens (including phenoxy) is 1. The van der Waals surface area contributed by atoms with Gasteiger partial charge in [0.1, 0.15) is 17.8 Å². The van der Waals surface area contributed by atoms with Crippen LogP contribution < -0.4 is 0 Å². The van der Waals surface area contributed by atoms with Crippen LogP contribution in [0.5, 0.6) is 0 Å². The van der Waals surface area contributed by atoms with Crippen molar-refractivity contribution in [2.45, 2.75) is 38.5 Å². The number of hydrogen-bond donors (Lipinski definition) is 2. The molecule has 2 aliphatic rings. The summed E-state index contributed by atoms with van der Waals surface area (Å²) in [6, 6.07) is -0.136. The van der Waals surface area contributed by atoms with Crippen LogP contribution in [0.4, 0.5) is 0 Å². The number of aliphatic hydroxyl groups excluding tert-OH is 2. The van der Waals surface area contributed by atoms with Crippen molar-refractivity contribution in [2.75, 3.05) is 19.7 Å². The standard InChI is InChI=1S/C13H21NO5/c1-7(8(2)16)13(18)19-11-3-4-14-5-10(17)9(6-15)12(11)14/h7,9-12,15,17H,3-6H2,1-2H3. The van der Waals surface area contributed by atoms with Crippen molar-refractivity contribution in [1.82, 2.24) is 4.90 Å². The number of carbonyl (C=O) groups excluding carboxylic acids is 2. The Bertz CT molecular complexity index is 372. The normalized spacial score (nSPS) is 36.0. The molecule has 2 fully saturated rings. The first-order valence-corrected chi connectivity index (χ1v) is 6.69. The molecule has 2 heterocycles. The fraction of sp³-hybridized carbons (Fsp3) is 0.846. The highest BCUT2D eigenvalue weighted by atomic mass is 16.5. The topological polar surface area (TPSA) is 87.1 Å². The predicted octanol–water partition coefficient (Wildman–Crippen LogP) is -0.819. The van der Waals surface area contributed by atoms with Crippen LogP contribution in [0.3, 0.4) is 0 Å². The molecule has 6 nitrogen and oxygen atoms in total. The Labute approximate surface area is 112 Å². The lowest BCUT2D eigenvalue weighted by Gasteiger charge is -2.26. The molecular formula is C13H21NO5. The summed E-state index contributed by atoms with van der Waals surface area (Å²) in [6.07, 6.45) is -0.241. The van der Waals surface area contributed by atoms with E-state index in [1.54, 1.807) is 0 Å². The third-order valence-electron chi connectivity index (χ3n) is 4.30. The molecule has 0 aromatic rings. The van der Waals surface area contributed by atoms with Crippen LogP contribution in [-0.2, 0) is 14.3 Å². The molecule has 2 N–H and O–H groups in total. The van der Waals surface area contributed by atoms with Crippen LogP contribution in [-0.4, -0.2) is 64.8 Å². The highest BCUT2D eigenvalue weighted by Crippen LogP contribution is 2.35. The van der Waals surface area contributed by atoms with Crippen molar-refractivity contribution < 1.29 is 24.5 Å². The highest BCUT2D eigenvalue weighted by molar-refractivity contribution is 5.97. The summed E-state index contributed by atoms with van der Waals surface area (Å²) in [5.74, 6) is -1.77. The molecule has 6 heteroatoms. The Balaban J connectivity index is 2.02. The number of nitrogens with zero attached hydrogens (tertiary/aromatic N) is 1. The number of rotatable bonds is 4. The number of ketones is 1. The number of carbonyl (C=O) groups is 2. The monoisotopic (exact) mass is 271 g/mol. The first-order valence-electron chi connectivity index (χ1n) is 6.69. The van der Waals surface area contributed by atoms with Gasteiger partial charge in [0.2, 0.25) is 0 Å². The molecule has 108 valence electrons. The second-order valence-corrected chi connectivity index (χ2v) is 5.50. The van der Waals surface area contributed by atoms with Gasteiger partial charge in [-0.05, 0) is 20.3 Å². The van der Waals surface area contributed by atoms with Crippen LogP contribution in [0.25, 0.3) is 0 Å². The summed E-state index contributed by atoms with van der Waals surface area (Å²) in [5.41, 5.74) is 0. The average Bonchev–Trinajstić information content (AvgIpc) is 2.87. The summed E-state index contributed by atoms with van der Waals surface area (Å²) in [7, 11) is 0. The summed E-state index contributed by atoms with van der Waals surface area (Å²) in [5, 5.41) is 19.2. The summed E-state index contributed by atoms with van der Waals surface area (Å²) >= 11 is 0. The van der Waals surface area contributed by atoms with Gasteiger partial charge in [0.05, 0.1) is 18.8 Å². The molecule has 0 amide bonds. The maximum absolute atomic E-state index is 11.8. The van der Waals surface area contributed by atoms with Gasteiger partial charge < -0.3 is 14.9 Å². The second-order valence-electron chi connectivity index (χ2n) is 5.50. The first-order chi connectivity index (χ1) is 8.95. The molecule has 0 bridgehead atoms. The molecule has 5 atom stereocenters. The lowest BCUT2D eigenvalue weighted by Crippen LogP contribution is -2.40. The minimum atomic E-state index is -0.757. The van der Waals surface area contributed by atoms with Crippen LogP contribution in [0.15, 0.2) is 0 Å². The first kappa shape index (κ1) is 14.4. The fourth-order valence-corrected chi connectivity index (χ4v) is 2.99. The van der Waals surface area contributed by atoms with Crippen LogP contribution >= 0.6 is 0 Å². The Morgan fingerprint density at radius 3 is 2.74 bits per heavy atom. The molecular weight excluding hydrogens is 250 g/mol. The van der Waals surface area contributed by atoms with Gasteiger partial charge in [-0.15, -0.1) is 0 Å². The molecule has 5 unspecified atom stereocenters. The van der Waals surface area contributed by atoms with E-state index in [0.29, 0.717) is 13.0 Å². The molecule has 0 saturated carbocycles. The quantitative estimate of drug-likeness (QED) is 0.513. The lowest BCUT2D eigenvalue weighted by atomic mass is 9.95. The van der Waals surface area contributed by atoms with Gasteiger partial charge in [0, 0.05) is 19.0 Å².